The molecule has 0 spiro atoms. The van der Waals surface area contributed by atoms with Crippen LogP contribution in [0, 0.1) is 6.92 Å². The van der Waals surface area contributed by atoms with Crippen LogP contribution in [-0.4, -0.2) is 21.7 Å². The number of rotatable bonds is 6. The zero-order valence-electron chi connectivity index (χ0n) is 11.7. The quantitative estimate of drug-likeness (QED) is 0.804. The summed E-state index contributed by atoms with van der Waals surface area (Å²) in [6.07, 6.45) is 4.06. The molecule has 0 aliphatic carbocycles. The van der Waals surface area contributed by atoms with E-state index in [2.05, 4.69) is 10.4 Å². The average Bonchev–Trinajstić information content (AvgIpc) is 2.59. The Kier molecular flexibility index (Phi) is 5.34. The van der Waals surface area contributed by atoms with E-state index in [1.54, 1.807) is 0 Å². The second-order valence-corrected chi connectivity index (χ2v) is 4.97. The molecule has 0 saturated heterocycles. The van der Waals surface area contributed by atoms with Gasteiger partial charge in [-0.25, -0.2) is 0 Å². The number of hydrogen-bond acceptors (Lipinski definition) is 3. The van der Waals surface area contributed by atoms with Crippen LogP contribution in [0.5, 0.6) is 0 Å². The van der Waals surface area contributed by atoms with E-state index < -0.39 is 0 Å². The van der Waals surface area contributed by atoms with Crippen molar-refractivity contribution in [3.05, 3.63) is 17.5 Å². The maximum atomic E-state index is 11.7. The van der Waals surface area contributed by atoms with Gasteiger partial charge in [-0.1, -0.05) is 0 Å². The molecule has 1 rings (SSSR count). The minimum absolute atomic E-state index is 0.00139. The van der Waals surface area contributed by atoms with Gasteiger partial charge < -0.3 is 11.1 Å². The molecule has 0 aliphatic rings. The number of carbonyl (C=O) groups is 1. The molecule has 2 unspecified atom stereocenters. The van der Waals surface area contributed by atoms with Crippen LogP contribution in [0.2, 0.25) is 0 Å². The van der Waals surface area contributed by atoms with E-state index in [1.807, 2.05) is 38.7 Å². The Bertz CT molecular complexity index is 398. The Balaban J connectivity index is 2.42. The molecule has 0 fully saturated rings. The Morgan fingerprint density at radius 2 is 2.22 bits per heavy atom. The molecule has 1 aromatic heterocycles. The van der Waals surface area contributed by atoms with E-state index in [1.165, 1.54) is 0 Å². The number of aromatic nitrogens is 2. The second-order valence-electron chi connectivity index (χ2n) is 4.97. The SMILES string of the molecule is Cc1c(C(C)NC(=O)CCCC(C)N)cnn1C. The molecule has 5 nitrogen and oxygen atoms in total. The summed E-state index contributed by atoms with van der Waals surface area (Å²) >= 11 is 0. The maximum Gasteiger partial charge on any atom is 0.220 e. The summed E-state index contributed by atoms with van der Waals surface area (Å²) in [7, 11) is 1.90. The lowest BCUT2D eigenvalue weighted by Gasteiger charge is -2.14. The Hall–Kier alpha value is -1.36. The predicted octanol–water partition coefficient (Wildman–Crippen LogP) is 1.42. The lowest BCUT2D eigenvalue weighted by atomic mass is 10.1. The van der Waals surface area contributed by atoms with Crippen LogP contribution in [0.1, 0.15) is 50.4 Å². The summed E-state index contributed by atoms with van der Waals surface area (Å²) in [5.74, 6) is 0.0754. The van der Waals surface area contributed by atoms with Gasteiger partial charge >= 0.3 is 0 Å². The highest BCUT2D eigenvalue weighted by Crippen LogP contribution is 2.16. The van der Waals surface area contributed by atoms with Gasteiger partial charge in [0.05, 0.1) is 12.2 Å². The summed E-state index contributed by atoms with van der Waals surface area (Å²) in [6, 6.07) is 0.164. The molecule has 1 heterocycles. The zero-order chi connectivity index (χ0) is 13.7. The van der Waals surface area contributed by atoms with E-state index in [0.29, 0.717) is 6.42 Å². The number of nitrogens with two attached hydrogens (primary N) is 1. The second kappa shape index (κ2) is 6.54. The molecule has 1 amide bonds. The highest BCUT2D eigenvalue weighted by molar-refractivity contribution is 5.76. The van der Waals surface area contributed by atoms with Crippen molar-refractivity contribution >= 4 is 5.91 Å². The predicted molar refractivity (Wildman–Crippen MR) is 72.0 cm³/mol. The monoisotopic (exact) mass is 252 g/mol. The molecule has 1 aromatic rings. The van der Waals surface area contributed by atoms with Gasteiger partial charge in [0, 0.05) is 30.8 Å². The topological polar surface area (TPSA) is 72.9 Å². The van der Waals surface area contributed by atoms with E-state index >= 15 is 0 Å². The van der Waals surface area contributed by atoms with Gasteiger partial charge in [-0.2, -0.15) is 5.10 Å². The molecule has 0 aromatic carbocycles. The molecule has 102 valence electrons. The smallest absolute Gasteiger partial charge is 0.220 e. The van der Waals surface area contributed by atoms with Crippen molar-refractivity contribution in [2.75, 3.05) is 0 Å². The molecular formula is C13H24N4O. The van der Waals surface area contributed by atoms with Gasteiger partial charge in [0.1, 0.15) is 0 Å². The van der Waals surface area contributed by atoms with Crippen LogP contribution in [0.25, 0.3) is 0 Å². The van der Waals surface area contributed by atoms with Crippen LogP contribution >= 0.6 is 0 Å². The first-order valence-corrected chi connectivity index (χ1v) is 6.45. The fourth-order valence-electron chi connectivity index (χ4n) is 1.92. The standard InChI is InChI=1S/C13H24N4O/c1-9(14)6-5-7-13(18)16-10(2)12-8-15-17(4)11(12)3/h8-10H,5-7,14H2,1-4H3,(H,16,18). The summed E-state index contributed by atoms with van der Waals surface area (Å²) in [4.78, 5) is 11.7. The lowest BCUT2D eigenvalue weighted by molar-refractivity contribution is -0.121. The Labute approximate surface area is 109 Å². The number of hydrogen-bond donors (Lipinski definition) is 2. The van der Waals surface area contributed by atoms with E-state index in [4.69, 9.17) is 5.73 Å². The first kappa shape index (κ1) is 14.7. The summed E-state index contributed by atoms with van der Waals surface area (Å²) in [6.45, 7) is 5.94. The Morgan fingerprint density at radius 1 is 1.56 bits per heavy atom. The van der Waals surface area contributed by atoms with Crippen LogP contribution in [0.15, 0.2) is 6.20 Å². The highest BCUT2D eigenvalue weighted by atomic mass is 16.1. The van der Waals surface area contributed by atoms with Crippen LogP contribution in [-0.2, 0) is 11.8 Å². The van der Waals surface area contributed by atoms with Crippen molar-refractivity contribution in [1.29, 1.82) is 0 Å². The van der Waals surface area contributed by atoms with Gasteiger partial charge in [-0.05, 0) is 33.6 Å². The third kappa shape index (κ3) is 4.14. The number of carbonyl (C=O) groups excluding carboxylic acids is 1. The highest BCUT2D eigenvalue weighted by Gasteiger charge is 2.14. The van der Waals surface area contributed by atoms with Crippen molar-refractivity contribution in [3.8, 4) is 0 Å². The van der Waals surface area contributed by atoms with Gasteiger partial charge in [-0.15, -0.1) is 0 Å². The van der Waals surface area contributed by atoms with Crippen molar-refractivity contribution in [1.82, 2.24) is 15.1 Å². The summed E-state index contributed by atoms with van der Waals surface area (Å²) in [5.41, 5.74) is 7.80. The van der Waals surface area contributed by atoms with Crippen LogP contribution in [0.4, 0.5) is 0 Å². The Morgan fingerprint density at radius 3 is 2.72 bits per heavy atom. The average molecular weight is 252 g/mol. The minimum Gasteiger partial charge on any atom is -0.349 e. The molecule has 2 atom stereocenters. The largest absolute Gasteiger partial charge is 0.349 e. The van der Waals surface area contributed by atoms with Gasteiger partial charge in [0.2, 0.25) is 5.91 Å². The fourth-order valence-corrected chi connectivity index (χ4v) is 1.92. The zero-order valence-corrected chi connectivity index (χ0v) is 11.7. The van der Waals surface area contributed by atoms with Crippen molar-refractivity contribution in [2.45, 2.75) is 52.1 Å². The molecule has 18 heavy (non-hydrogen) atoms. The molecule has 0 saturated carbocycles. The number of nitrogens with zero attached hydrogens (tertiary/aromatic N) is 2. The first-order valence-electron chi connectivity index (χ1n) is 6.45. The normalized spacial score (nSPS) is 14.3. The lowest BCUT2D eigenvalue weighted by Crippen LogP contribution is -2.27. The van der Waals surface area contributed by atoms with E-state index in [-0.39, 0.29) is 18.0 Å². The number of amides is 1. The minimum atomic E-state index is 0.00139. The van der Waals surface area contributed by atoms with Gasteiger partial charge in [0.25, 0.3) is 0 Å². The van der Waals surface area contributed by atoms with E-state index in [0.717, 1.165) is 24.1 Å². The third-order valence-corrected chi connectivity index (χ3v) is 3.18. The van der Waals surface area contributed by atoms with Crippen LogP contribution < -0.4 is 11.1 Å². The summed E-state index contributed by atoms with van der Waals surface area (Å²) in [5, 5.41) is 7.17. The van der Waals surface area contributed by atoms with Crippen molar-refractivity contribution < 1.29 is 4.79 Å². The van der Waals surface area contributed by atoms with Gasteiger partial charge in [-0.3, -0.25) is 9.48 Å². The van der Waals surface area contributed by atoms with Crippen molar-refractivity contribution in [2.24, 2.45) is 12.8 Å². The molecule has 0 bridgehead atoms. The van der Waals surface area contributed by atoms with Gasteiger partial charge in [0.15, 0.2) is 0 Å². The first-order chi connectivity index (χ1) is 8.41. The number of aryl methyl sites for hydroxylation is 1. The molecule has 3 N–H and O–H groups in total. The fraction of sp³-hybridized carbons (Fsp3) is 0.692. The van der Waals surface area contributed by atoms with Crippen LogP contribution in [0.3, 0.4) is 0 Å². The molecule has 5 heteroatoms. The number of nitrogens with one attached hydrogen (secondary N) is 1. The third-order valence-electron chi connectivity index (χ3n) is 3.18. The molecule has 0 aliphatic heterocycles. The maximum absolute atomic E-state index is 11.7. The molecular weight excluding hydrogens is 228 g/mol. The van der Waals surface area contributed by atoms with Crippen molar-refractivity contribution in [3.63, 3.8) is 0 Å². The molecule has 0 radical (unpaired) electrons. The van der Waals surface area contributed by atoms with E-state index in [9.17, 15) is 4.79 Å². The summed E-state index contributed by atoms with van der Waals surface area (Å²) < 4.78 is 1.81.